The standard InChI is InChI=1S/C52H43NO2/c1-50(2,3)30-19-22-36-37-24-25-41-47(49(37)55-46(36)27-30)38-15-12-17-43(48(38)52(41,6)7)53(31-21-26-45-39(28-31)35-14-9-11-18-44(35)54-45)32-20-23-34-33-13-8-10-16-40(33)51(4,5)42(34)29-32/h8-29H,1-7H3. The predicted octanol–water partition coefficient (Wildman–Crippen LogP) is 14.9. The van der Waals surface area contributed by atoms with Gasteiger partial charge in [-0.05, 0) is 98.5 Å². The Balaban J connectivity index is 1.17. The molecular formula is C52H43NO2. The van der Waals surface area contributed by atoms with E-state index in [2.05, 4.69) is 181 Å². The lowest BCUT2D eigenvalue weighted by atomic mass is 9.80. The van der Waals surface area contributed by atoms with E-state index in [4.69, 9.17) is 8.83 Å². The Bertz CT molecular complexity index is 3090. The zero-order chi connectivity index (χ0) is 37.6. The maximum absolute atomic E-state index is 6.91. The average molecular weight is 714 g/mol. The van der Waals surface area contributed by atoms with Crippen LogP contribution in [-0.2, 0) is 16.2 Å². The van der Waals surface area contributed by atoms with Gasteiger partial charge in [0, 0.05) is 49.3 Å². The maximum Gasteiger partial charge on any atom is 0.143 e. The number of anilines is 3. The van der Waals surface area contributed by atoms with Crippen molar-refractivity contribution >= 4 is 60.9 Å². The molecule has 0 N–H and O–H groups in total. The molecule has 0 saturated carbocycles. The Kier molecular flexibility index (Phi) is 6.35. The van der Waals surface area contributed by atoms with Gasteiger partial charge in [0.15, 0.2) is 0 Å². The third-order valence-electron chi connectivity index (χ3n) is 12.8. The van der Waals surface area contributed by atoms with E-state index in [1.165, 1.54) is 55.8 Å². The van der Waals surface area contributed by atoms with Gasteiger partial charge in [0.25, 0.3) is 0 Å². The van der Waals surface area contributed by atoms with Gasteiger partial charge in [0.2, 0.25) is 0 Å². The molecule has 3 nitrogen and oxygen atoms in total. The Labute approximate surface area is 321 Å². The third-order valence-corrected chi connectivity index (χ3v) is 12.8. The predicted molar refractivity (Wildman–Crippen MR) is 230 cm³/mol. The van der Waals surface area contributed by atoms with Gasteiger partial charge in [-0.2, -0.15) is 0 Å². The van der Waals surface area contributed by atoms with Crippen LogP contribution in [-0.4, -0.2) is 0 Å². The fourth-order valence-corrected chi connectivity index (χ4v) is 9.93. The molecule has 0 bridgehead atoms. The zero-order valence-corrected chi connectivity index (χ0v) is 32.5. The Morgan fingerprint density at radius 1 is 0.473 bits per heavy atom. The highest BCUT2D eigenvalue weighted by Gasteiger charge is 2.42. The summed E-state index contributed by atoms with van der Waals surface area (Å²) in [7, 11) is 0. The minimum Gasteiger partial charge on any atom is -0.456 e. The van der Waals surface area contributed by atoms with Gasteiger partial charge in [-0.15, -0.1) is 0 Å². The molecule has 0 saturated heterocycles. The molecule has 3 heteroatoms. The lowest BCUT2D eigenvalue weighted by Gasteiger charge is -2.33. The second-order valence-electron chi connectivity index (χ2n) is 17.8. The maximum atomic E-state index is 6.91. The fraction of sp³-hybridized carbons (Fsp3) is 0.192. The van der Waals surface area contributed by atoms with Crippen molar-refractivity contribution in [2.75, 3.05) is 4.90 Å². The Morgan fingerprint density at radius 3 is 2.02 bits per heavy atom. The summed E-state index contributed by atoms with van der Waals surface area (Å²) >= 11 is 0. The van der Waals surface area contributed by atoms with Crippen LogP contribution in [0.1, 0.15) is 76.3 Å². The van der Waals surface area contributed by atoms with Crippen molar-refractivity contribution in [3.05, 3.63) is 161 Å². The molecule has 2 aliphatic carbocycles. The highest BCUT2D eigenvalue weighted by molar-refractivity contribution is 6.13. The Hall–Kier alpha value is -6.06. The van der Waals surface area contributed by atoms with Crippen LogP contribution in [0.3, 0.4) is 0 Å². The van der Waals surface area contributed by atoms with Gasteiger partial charge in [-0.1, -0.05) is 133 Å². The first-order valence-corrected chi connectivity index (χ1v) is 19.5. The summed E-state index contributed by atoms with van der Waals surface area (Å²) in [6, 6.07) is 49.2. The van der Waals surface area contributed by atoms with E-state index in [9.17, 15) is 0 Å². The van der Waals surface area contributed by atoms with Crippen LogP contribution in [0.5, 0.6) is 0 Å². The lowest BCUT2D eigenvalue weighted by Crippen LogP contribution is -2.21. The summed E-state index contributed by atoms with van der Waals surface area (Å²) in [4.78, 5) is 2.48. The quantitative estimate of drug-likeness (QED) is 0.183. The zero-order valence-electron chi connectivity index (χ0n) is 32.5. The van der Waals surface area contributed by atoms with Crippen LogP contribution in [0.2, 0.25) is 0 Å². The van der Waals surface area contributed by atoms with Crippen molar-refractivity contribution in [2.45, 2.75) is 64.7 Å². The number of hydrogen-bond acceptors (Lipinski definition) is 3. The molecule has 0 atom stereocenters. The topological polar surface area (TPSA) is 29.5 Å². The molecule has 0 amide bonds. The van der Waals surface area contributed by atoms with Crippen molar-refractivity contribution in [3.63, 3.8) is 0 Å². The van der Waals surface area contributed by atoms with Gasteiger partial charge >= 0.3 is 0 Å². The molecule has 2 heterocycles. The van der Waals surface area contributed by atoms with Crippen LogP contribution < -0.4 is 4.90 Å². The fourth-order valence-electron chi connectivity index (χ4n) is 9.93. The molecular weight excluding hydrogens is 671 g/mol. The number of furan rings is 2. The van der Waals surface area contributed by atoms with Gasteiger partial charge in [-0.25, -0.2) is 0 Å². The second-order valence-corrected chi connectivity index (χ2v) is 17.8. The lowest BCUT2D eigenvalue weighted by molar-refractivity contribution is 0.587. The first kappa shape index (κ1) is 32.4. The largest absolute Gasteiger partial charge is 0.456 e. The number of fused-ring (bicyclic) bond motifs is 13. The number of rotatable bonds is 3. The third kappa shape index (κ3) is 4.38. The highest BCUT2D eigenvalue weighted by atomic mass is 16.3. The van der Waals surface area contributed by atoms with Crippen LogP contribution in [0.4, 0.5) is 17.1 Å². The SMILES string of the molecule is CC(C)(C)c1ccc2c(c1)oc1c3c(ccc12)C(C)(C)c1c-3cccc1N(c1ccc2c(c1)C(C)(C)c1ccccc1-2)c1ccc2oc3ccccc3c2c1. The van der Waals surface area contributed by atoms with Crippen molar-refractivity contribution in [1.29, 1.82) is 0 Å². The van der Waals surface area contributed by atoms with Gasteiger partial charge < -0.3 is 13.7 Å². The van der Waals surface area contributed by atoms with Crippen LogP contribution >= 0.6 is 0 Å². The van der Waals surface area contributed by atoms with Crippen LogP contribution in [0, 0.1) is 0 Å². The van der Waals surface area contributed by atoms with E-state index < -0.39 is 0 Å². The van der Waals surface area contributed by atoms with E-state index in [1.54, 1.807) is 0 Å². The van der Waals surface area contributed by atoms with Gasteiger partial charge in [0.1, 0.15) is 22.3 Å². The summed E-state index contributed by atoms with van der Waals surface area (Å²) in [5.41, 5.74) is 18.4. The second kappa shape index (κ2) is 10.8. The molecule has 7 aromatic carbocycles. The molecule has 0 fully saturated rings. The van der Waals surface area contributed by atoms with Crippen LogP contribution in [0.15, 0.2) is 142 Å². The average Bonchev–Trinajstić information content (AvgIpc) is 3.87. The highest BCUT2D eigenvalue weighted by Crippen LogP contribution is 2.58. The summed E-state index contributed by atoms with van der Waals surface area (Å²) in [5.74, 6) is 0. The first-order valence-electron chi connectivity index (χ1n) is 19.5. The van der Waals surface area contributed by atoms with Crippen molar-refractivity contribution in [2.24, 2.45) is 0 Å². The molecule has 0 radical (unpaired) electrons. The summed E-state index contributed by atoms with van der Waals surface area (Å²) in [5, 5.41) is 4.56. The molecule has 268 valence electrons. The Morgan fingerprint density at radius 2 is 1.16 bits per heavy atom. The smallest absolute Gasteiger partial charge is 0.143 e. The summed E-state index contributed by atoms with van der Waals surface area (Å²) in [6.45, 7) is 16.2. The number of nitrogens with zero attached hydrogens (tertiary/aromatic N) is 1. The first-order chi connectivity index (χ1) is 26.4. The van der Waals surface area contributed by atoms with Crippen molar-refractivity contribution < 1.29 is 8.83 Å². The van der Waals surface area contributed by atoms with E-state index in [0.29, 0.717) is 0 Å². The summed E-state index contributed by atoms with van der Waals surface area (Å²) in [6.07, 6.45) is 0. The van der Waals surface area contributed by atoms with E-state index in [1.807, 2.05) is 6.07 Å². The van der Waals surface area contributed by atoms with E-state index >= 15 is 0 Å². The minimum absolute atomic E-state index is 0.0311. The van der Waals surface area contributed by atoms with E-state index in [0.717, 1.165) is 55.3 Å². The molecule has 2 aliphatic rings. The summed E-state index contributed by atoms with van der Waals surface area (Å²) < 4.78 is 13.2. The molecule has 0 unspecified atom stereocenters. The molecule has 11 rings (SSSR count). The monoisotopic (exact) mass is 713 g/mol. The normalized spacial score (nSPS) is 15.1. The minimum atomic E-state index is -0.304. The van der Waals surface area contributed by atoms with Crippen LogP contribution in [0.25, 0.3) is 66.1 Å². The number of hydrogen-bond donors (Lipinski definition) is 0. The molecule has 2 aromatic heterocycles. The molecule has 0 aliphatic heterocycles. The molecule has 0 spiro atoms. The molecule has 55 heavy (non-hydrogen) atoms. The van der Waals surface area contributed by atoms with Gasteiger partial charge in [0.05, 0.1) is 5.69 Å². The van der Waals surface area contributed by atoms with Crippen molar-refractivity contribution in [1.82, 2.24) is 0 Å². The van der Waals surface area contributed by atoms with E-state index in [-0.39, 0.29) is 16.2 Å². The van der Waals surface area contributed by atoms with Gasteiger partial charge in [-0.3, -0.25) is 0 Å². The number of para-hydroxylation sites is 1. The molecule has 9 aromatic rings. The van der Waals surface area contributed by atoms with Crippen molar-refractivity contribution in [3.8, 4) is 22.3 Å². The number of benzene rings is 7.